The van der Waals surface area contributed by atoms with Crippen LogP contribution < -0.4 is 4.74 Å². The van der Waals surface area contributed by atoms with E-state index in [1.807, 2.05) is 24.4 Å². The predicted octanol–water partition coefficient (Wildman–Crippen LogP) is 21.1. The number of hydrogen-bond donors (Lipinski definition) is 0. The van der Waals surface area contributed by atoms with Gasteiger partial charge in [0.15, 0.2) is 0 Å². The maximum Gasteiger partial charge on any atom is 0.564 e. The second-order valence-corrected chi connectivity index (χ2v) is 25.6. The van der Waals surface area contributed by atoms with Crippen LogP contribution in [0.3, 0.4) is 0 Å². The van der Waals surface area contributed by atoms with Gasteiger partial charge >= 0.3 is 6.36 Å². The smallest absolute Gasteiger partial charge is 0.454 e. The summed E-state index contributed by atoms with van der Waals surface area (Å²) in [5, 5.41) is 1.81. The standard InChI is InChI=1S/C74H71F3NO.Ir/c1-70(2,3)61-27-17-47(18-28-61)52-37-53(48-19-29-62(30-20-48)71(4,5)6)40-56(39-52)58-43-59(45-60(44-58)68-46-78-69(67-16-14-13-15-66(67)68)51-25-35-65(36-26-51)79-74(75,76)77)57-41-54(49-21-31-63(32-22-49)72(7,8)9)38-55(42-57)50-23-33-64(34-24-50)73(10,11)12;/h13-25,27-37,39-46,54H,38H2,1-12H3;/q-1;. The van der Waals surface area contributed by atoms with Gasteiger partial charge in [0.1, 0.15) is 0 Å². The number of halogens is 3. The molecule has 1 aromatic heterocycles. The molecule has 0 saturated carbocycles. The van der Waals surface area contributed by atoms with E-state index >= 15 is 0 Å². The average Bonchev–Trinajstić information content (AvgIpc) is 3.42. The van der Waals surface area contributed by atoms with Crippen LogP contribution >= 0.6 is 0 Å². The van der Waals surface area contributed by atoms with E-state index in [0.29, 0.717) is 11.3 Å². The zero-order chi connectivity index (χ0) is 56.2. The molecule has 0 saturated heterocycles. The summed E-state index contributed by atoms with van der Waals surface area (Å²) in [5.41, 5.74) is 20.9. The fourth-order valence-corrected chi connectivity index (χ4v) is 10.8. The summed E-state index contributed by atoms with van der Waals surface area (Å²) in [7, 11) is 0. The van der Waals surface area contributed by atoms with Crippen molar-refractivity contribution >= 4 is 21.9 Å². The van der Waals surface area contributed by atoms with Crippen molar-refractivity contribution in [1.82, 2.24) is 4.98 Å². The SMILES string of the molecule is CC(C)(C)c1ccc(C2=CC(c3cc(-c4cc(-c5ccc(C(C)(C)C)cc5)cc(-c5ccc(C(C)(C)C)cc5)c4)cc(-c4cnc(-c5[c-]cc(OC(F)(F)F)cc5)c5ccccc45)c3)=CC(c3ccc(C(C)(C)C)cc3)C2)cc1.[Ir]. The molecule has 1 aliphatic carbocycles. The number of alkyl halides is 3. The molecule has 409 valence electrons. The minimum Gasteiger partial charge on any atom is -0.454 e. The number of pyridine rings is 1. The molecule has 0 aliphatic heterocycles. The molecule has 1 aliphatic rings. The van der Waals surface area contributed by atoms with Crippen LogP contribution in [0, 0.1) is 6.07 Å². The van der Waals surface area contributed by atoms with Crippen molar-refractivity contribution in [2.75, 3.05) is 0 Å². The molecule has 1 unspecified atom stereocenters. The zero-order valence-corrected chi connectivity index (χ0v) is 50.5. The van der Waals surface area contributed by atoms with Gasteiger partial charge in [-0.15, -0.1) is 43.0 Å². The maximum atomic E-state index is 13.2. The van der Waals surface area contributed by atoms with E-state index in [-0.39, 0.29) is 53.4 Å². The summed E-state index contributed by atoms with van der Waals surface area (Å²) >= 11 is 0. The van der Waals surface area contributed by atoms with Gasteiger partial charge in [-0.3, -0.25) is 0 Å². The molecular weight excluding hydrogens is 1170 g/mol. The van der Waals surface area contributed by atoms with E-state index in [9.17, 15) is 13.2 Å². The number of ether oxygens (including phenoxy) is 1. The molecule has 0 amide bonds. The molecule has 8 aromatic carbocycles. The van der Waals surface area contributed by atoms with E-state index in [1.54, 1.807) is 6.07 Å². The average molecular weight is 1240 g/mol. The molecule has 2 nitrogen and oxygen atoms in total. The topological polar surface area (TPSA) is 22.1 Å². The van der Waals surface area contributed by atoms with Gasteiger partial charge in [-0.05, 0) is 170 Å². The summed E-state index contributed by atoms with van der Waals surface area (Å²) in [6.07, 6.45) is 2.79. The zero-order valence-electron chi connectivity index (χ0n) is 48.1. The first-order valence-corrected chi connectivity index (χ1v) is 27.6. The molecule has 10 rings (SSSR count). The maximum absolute atomic E-state index is 13.2. The van der Waals surface area contributed by atoms with Gasteiger partial charge in [-0.25, -0.2) is 0 Å². The van der Waals surface area contributed by atoms with Crippen molar-refractivity contribution in [2.45, 2.75) is 123 Å². The number of allylic oxidation sites excluding steroid dienone is 4. The Morgan fingerprint density at radius 2 is 0.887 bits per heavy atom. The van der Waals surface area contributed by atoms with Crippen LogP contribution in [0.1, 0.15) is 134 Å². The van der Waals surface area contributed by atoms with Crippen molar-refractivity contribution in [3.63, 3.8) is 0 Å². The second-order valence-electron chi connectivity index (χ2n) is 25.6. The third-order valence-electron chi connectivity index (χ3n) is 15.6. The van der Waals surface area contributed by atoms with E-state index in [2.05, 4.69) is 246 Å². The summed E-state index contributed by atoms with van der Waals surface area (Å²) in [5.74, 6) is -0.232. The number of nitrogens with zero attached hydrogens (tertiary/aromatic N) is 1. The molecule has 0 N–H and O–H groups in total. The van der Waals surface area contributed by atoms with Crippen LogP contribution in [0.25, 0.3) is 77.7 Å². The molecule has 6 heteroatoms. The van der Waals surface area contributed by atoms with Crippen molar-refractivity contribution < 1.29 is 38.0 Å². The first-order chi connectivity index (χ1) is 37.2. The number of rotatable bonds is 9. The molecule has 0 bridgehead atoms. The van der Waals surface area contributed by atoms with Gasteiger partial charge in [-0.2, -0.15) is 0 Å². The van der Waals surface area contributed by atoms with Crippen molar-refractivity contribution in [3.8, 4) is 61.5 Å². The third kappa shape index (κ3) is 12.9. The van der Waals surface area contributed by atoms with E-state index in [1.165, 1.54) is 51.1 Å². The largest absolute Gasteiger partial charge is 0.564 e. The van der Waals surface area contributed by atoms with Crippen molar-refractivity contribution in [1.29, 1.82) is 0 Å². The fraction of sp³-hybridized carbons (Fsp3) is 0.257. The van der Waals surface area contributed by atoms with E-state index < -0.39 is 6.36 Å². The van der Waals surface area contributed by atoms with Gasteiger partial charge in [0.05, 0.1) is 0 Å². The Hall–Kier alpha value is -7.11. The van der Waals surface area contributed by atoms with Crippen LogP contribution in [0.5, 0.6) is 5.75 Å². The fourth-order valence-electron chi connectivity index (χ4n) is 10.8. The van der Waals surface area contributed by atoms with Crippen LogP contribution in [0.4, 0.5) is 13.2 Å². The Morgan fingerprint density at radius 3 is 1.35 bits per heavy atom. The van der Waals surface area contributed by atoms with Crippen LogP contribution in [0.15, 0.2) is 194 Å². The predicted molar refractivity (Wildman–Crippen MR) is 325 cm³/mol. The minimum atomic E-state index is -4.81. The molecule has 1 heterocycles. The quantitative estimate of drug-likeness (QED) is 0.134. The van der Waals surface area contributed by atoms with Crippen LogP contribution in [0.2, 0.25) is 0 Å². The Bertz CT molecular complexity index is 3670. The second kappa shape index (κ2) is 22.1. The molecule has 80 heavy (non-hydrogen) atoms. The summed E-state index contributed by atoms with van der Waals surface area (Å²) in [6, 6.07) is 65.6. The van der Waals surface area contributed by atoms with Gasteiger partial charge in [0, 0.05) is 43.5 Å². The Balaban J connectivity index is 0.00000774. The molecule has 0 spiro atoms. The Kier molecular flexibility index (Phi) is 15.9. The van der Waals surface area contributed by atoms with Gasteiger partial charge < -0.3 is 9.72 Å². The molecule has 0 fully saturated rings. The summed E-state index contributed by atoms with van der Waals surface area (Å²) in [6.45, 7) is 27.0. The van der Waals surface area contributed by atoms with Gasteiger partial charge in [0.25, 0.3) is 0 Å². The third-order valence-corrected chi connectivity index (χ3v) is 15.6. The van der Waals surface area contributed by atoms with E-state index in [0.717, 1.165) is 72.8 Å². The van der Waals surface area contributed by atoms with Crippen molar-refractivity contribution in [2.24, 2.45) is 0 Å². The molecular formula is C74H71F3IrNO-. The Labute approximate surface area is 486 Å². The minimum absolute atomic E-state index is 0. The number of benzene rings is 8. The number of hydrogen-bond acceptors (Lipinski definition) is 2. The molecule has 1 atom stereocenters. The monoisotopic (exact) mass is 1240 g/mol. The summed E-state index contributed by atoms with van der Waals surface area (Å²) in [4.78, 5) is 5.09. The number of aromatic nitrogens is 1. The van der Waals surface area contributed by atoms with Crippen LogP contribution in [-0.4, -0.2) is 11.3 Å². The molecule has 1 radical (unpaired) electrons. The van der Waals surface area contributed by atoms with E-state index in [4.69, 9.17) is 4.98 Å². The van der Waals surface area contributed by atoms with Crippen molar-refractivity contribution in [3.05, 3.63) is 239 Å². The van der Waals surface area contributed by atoms with Gasteiger partial charge in [0.2, 0.25) is 0 Å². The summed E-state index contributed by atoms with van der Waals surface area (Å²) < 4.78 is 43.8. The number of fused-ring (bicyclic) bond motifs is 1. The van der Waals surface area contributed by atoms with Crippen LogP contribution in [-0.2, 0) is 41.8 Å². The Morgan fingerprint density at radius 1 is 0.463 bits per heavy atom. The van der Waals surface area contributed by atoms with Gasteiger partial charge in [-0.1, -0.05) is 217 Å². The first kappa shape index (κ1) is 57.6. The normalized spacial score (nSPS) is 14.3. The first-order valence-electron chi connectivity index (χ1n) is 27.6. The molecule has 9 aromatic rings.